The Balaban J connectivity index is 1.28. The van der Waals surface area contributed by atoms with Crippen LogP contribution in [-0.4, -0.2) is 50.8 Å². The highest BCUT2D eigenvalue weighted by molar-refractivity contribution is 5.78. The Morgan fingerprint density at radius 2 is 2.00 bits per heavy atom. The molecule has 0 radical (unpaired) electrons. The maximum atomic E-state index is 12.6. The Kier molecular flexibility index (Phi) is 6.11. The molecular weight excluding hydrogens is 394 g/mol. The standard InChI is InChI=1S/C22H27N7O2/c1-15-12-16(2)29(27-15)19-5-4-17(13-24-19)14-25-21(30)18-7-10-28(11-8-18)22-23-9-6-20(26-22)31-3/h4-6,9,12-13,18H,7-8,10-11,14H2,1-3H3,(H,25,30). The van der Waals surface area contributed by atoms with Crippen LogP contribution in [0.5, 0.6) is 5.88 Å². The fourth-order valence-corrected chi connectivity index (χ4v) is 3.78. The molecule has 4 rings (SSSR count). The predicted molar refractivity (Wildman–Crippen MR) is 116 cm³/mol. The predicted octanol–water partition coefficient (Wildman–Crippen LogP) is 2.22. The zero-order valence-electron chi connectivity index (χ0n) is 18.1. The molecule has 1 aliphatic heterocycles. The van der Waals surface area contributed by atoms with Crippen molar-refractivity contribution in [2.75, 3.05) is 25.1 Å². The summed E-state index contributed by atoms with van der Waals surface area (Å²) < 4.78 is 6.98. The zero-order chi connectivity index (χ0) is 21.8. The minimum absolute atomic E-state index is 0.0104. The molecule has 3 aromatic heterocycles. The summed E-state index contributed by atoms with van der Waals surface area (Å²) in [7, 11) is 1.59. The lowest BCUT2D eigenvalue weighted by atomic mass is 9.96. The van der Waals surface area contributed by atoms with Crippen LogP contribution in [0.4, 0.5) is 5.95 Å². The number of pyridine rings is 1. The van der Waals surface area contributed by atoms with Crippen molar-refractivity contribution in [2.24, 2.45) is 5.92 Å². The number of hydrogen-bond acceptors (Lipinski definition) is 7. The number of amides is 1. The molecule has 162 valence electrons. The van der Waals surface area contributed by atoms with Gasteiger partial charge >= 0.3 is 0 Å². The van der Waals surface area contributed by atoms with Crippen LogP contribution < -0.4 is 15.0 Å². The van der Waals surface area contributed by atoms with Crippen LogP contribution in [0.1, 0.15) is 29.8 Å². The maximum Gasteiger partial charge on any atom is 0.228 e. The van der Waals surface area contributed by atoms with E-state index >= 15 is 0 Å². The summed E-state index contributed by atoms with van der Waals surface area (Å²) in [4.78, 5) is 27.9. The molecule has 0 aliphatic carbocycles. The molecule has 1 N–H and O–H groups in total. The second-order valence-corrected chi connectivity index (χ2v) is 7.74. The van der Waals surface area contributed by atoms with E-state index in [1.54, 1.807) is 25.6 Å². The first-order valence-corrected chi connectivity index (χ1v) is 10.4. The van der Waals surface area contributed by atoms with Crippen molar-refractivity contribution in [2.45, 2.75) is 33.2 Å². The first-order chi connectivity index (χ1) is 15.0. The number of piperidine rings is 1. The monoisotopic (exact) mass is 421 g/mol. The first kappa shape index (κ1) is 20.8. The van der Waals surface area contributed by atoms with Gasteiger partial charge in [-0.2, -0.15) is 10.1 Å². The van der Waals surface area contributed by atoms with Crippen molar-refractivity contribution >= 4 is 11.9 Å². The van der Waals surface area contributed by atoms with Gasteiger partial charge in [-0.3, -0.25) is 4.79 Å². The highest BCUT2D eigenvalue weighted by atomic mass is 16.5. The average Bonchev–Trinajstić information content (AvgIpc) is 3.15. The van der Waals surface area contributed by atoms with Crippen LogP contribution in [0.2, 0.25) is 0 Å². The fourth-order valence-electron chi connectivity index (χ4n) is 3.78. The molecule has 1 amide bonds. The average molecular weight is 422 g/mol. The van der Waals surface area contributed by atoms with Gasteiger partial charge in [-0.1, -0.05) is 6.07 Å². The summed E-state index contributed by atoms with van der Waals surface area (Å²) in [5.74, 6) is 2.03. The third-order valence-electron chi connectivity index (χ3n) is 5.48. The number of nitrogens with zero attached hydrogens (tertiary/aromatic N) is 6. The number of anilines is 1. The van der Waals surface area contributed by atoms with Crippen molar-refractivity contribution in [3.05, 3.63) is 53.6 Å². The lowest BCUT2D eigenvalue weighted by Gasteiger charge is -2.31. The van der Waals surface area contributed by atoms with Gasteiger partial charge in [0.2, 0.25) is 17.7 Å². The lowest BCUT2D eigenvalue weighted by molar-refractivity contribution is -0.125. The molecule has 0 aromatic carbocycles. The van der Waals surface area contributed by atoms with Gasteiger partial charge in [-0.25, -0.2) is 14.6 Å². The summed E-state index contributed by atoms with van der Waals surface area (Å²) in [5.41, 5.74) is 2.96. The van der Waals surface area contributed by atoms with Gasteiger partial charge in [0, 0.05) is 49.7 Å². The molecule has 0 spiro atoms. The molecule has 0 bridgehead atoms. The number of carbonyl (C=O) groups is 1. The second kappa shape index (κ2) is 9.11. The van der Waals surface area contributed by atoms with Crippen molar-refractivity contribution in [3.63, 3.8) is 0 Å². The van der Waals surface area contributed by atoms with Gasteiger partial charge < -0.3 is 15.0 Å². The number of rotatable bonds is 6. The number of aromatic nitrogens is 5. The minimum Gasteiger partial charge on any atom is -0.481 e. The van der Waals surface area contributed by atoms with E-state index in [0.29, 0.717) is 18.4 Å². The first-order valence-electron chi connectivity index (χ1n) is 10.4. The van der Waals surface area contributed by atoms with Crippen molar-refractivity contribution in [1.82, 2.24) is 30.0 Å². The minimum atomic E-state index is -0.0104. The highest BCUT2D eigenvalue weighted by Gasteiger charge is 2.26. The topological polar surface area (TPSA) is 98.1 Å². The highest BCUT2D eigenvalue weighted by Crippen LogP contribution is 2.22. The van der Waals surface area contributed by atoms with Crippen molar-refractivity contribution < 1.29 is 9.53 Å². The van der Waals surface area contributed by atoms with E-state index in [1.807, 2.05) is 36.7 Å². The molecule has 3 aromatic rings. The Labute approximate surface area is 181 Å². The van der Waals surface area contributed by atoms with Crippen LogP contribution in [0, 0.1) is 19.8 Å². The number of carbonyl (C=O) groups excluding carboxylic acids is 1. The van der Waals surface area contributed by atoms with Crippen LogP contribution in [-0.2, 0) is 11.3 Å². The SMILES string of the molecule is COc1ccnc(N2CCC(C(=O)NCc3ccc(-n4nc(C)cc4C)nc3)CC2)n1. The largest absolute Gasteiger partial charge is 0.481 e. The van der Waals surface area contributed by atoms with E-state index in [4.69, 9.17) is 4.74 Å². The summed E-state index contributed by atoms with van der Waals surface area (Å²) in [5, 5.41) is 7.49. The van der Waals surface area contributed by atoms with Gasteiger partial charge in [-0.05, 0) is 44.4 Å². The van der Waals surface area contributed by atoms with Gasteiger partial charge in [0.05, 0.1) is 12.8 Å². The summed E-state index contributed by atoms with van der Waals surface area (Å²) in [6.45, 7) is 5.90. The van der Waals surface area contributed by atoms with Crippen LogP contribution in [0.3, 0.4) is 0 Å². The number of hydrogen-bond donors (Lipinski definition) is 1. The van der Waals surface area contributed by atoms with E-state index in [-0.39, 0.29) is 11.8 Å². The number of nitrogens with one attached hydrogen (secondary N) is 1. The smallest absolute Gasteiger partial charge is 0.228 e. The third-order valence-corrected chi connectivity index (χ3v) is 5.48. The normalized spacial score (nSPS) is 14.5. The fraction of sp³-hybridized carbons (Fsp3) is 0.409. The molecule has 1 saturated heterocycles. The van der Waals surface area contributed by atoms with E-state index < -0.39 is 0 Å². The van der Waals surface area contributed by atoms with Crippen LogP contribution >= 0.6 is 0 Å². The van der Waals surface area contributed by atoms with E-state index in [0.717, 1.165) is 48.7 Å². The molecular formula is C22H27N7O2. The summed E-state index contributed by atoms with van der Waals surface area (Å²) >= 11 is 0. The van der Waals surface area contributed by atoms with Gasteiger partial charge in [0.15, 0.2) is 5.82 Å². The molecule has 0 unspecified atom stereocenters. The molecule has 4 heterocycles. The number of aryl methyl sites for hydroxylation is 2. The number of methoxy groups -OCH3 is 1. The molecule has 1 aliphatic rings. The third kappa shape index (κ3) is 4.82. The second-order valence-electron chi connectivity index (χ2n) is 7.74. The quantitative estimate of drug-likeness (QED) is 0.652. The molecule has 31 heavy (non-hydrogen) atoms. The lowest BCUT2D eigenvalue weighted by Crippen LogP contribution is -2.41. The van der Waals surface area contributed by atoms with Gasteiger partial charge in [0.1, 0.15) is 0 Å². The molecule has 1 fully saturated rings. The molecule has 0 atom stereocenters. The van der Waals surface area contributed by atoms with E-state index in [2.05, 4.69) is 30.3 Å². The zero-order valence-corrected chi connectivity index (χ0v) is 18.1. The van der Waals surface area contributed by atoms with Gasteiger partial charge in [-0.15, -0.1) is 0 Å². The van der Waals surface area contributed by atoms with E-state index in [9.17, 15) is 4.79 Å². The molecule has 9 heteroatoms. The Hall–Kier alpha value is -3.49. The Bertz CT molecular complexity index is 1040. The maximum absolute atomic E-state index is 12.6. The summed E-state index contributed by atoms with van der Waals surface area (Å²) in [6, 6.07) is 7.64. The van der Waals surface area contributed by atoms with Gasteiger partial charge in [0.25, 0.3) is 0 Å². The molecule has 9 nitrogen and oxygen atoms in total. The number of ether oxygens (including phenoxy) is 1. The Morgan fingerprint density at radius 1 is 1.19 bits per heavy atom. The van der Waals surface area contributed by atoms with Crippen LogP contribution in [0.15, 0.2) is 36.7 Å². The van der Waals surface area contributed by atoms with E-state index in [1.165, 1.54) is 0 Å². The molecule has 0 saturated carbocycles. The van der Waals surface area contributed by atoms with Crippen molar-refractivity contribution in [3.8, 4) is 11.7 Å². The Morgan fingerprint density at radius 3 is 2.65 bits per heavy atom. The summed E-state index contributed by atoms with van der Waals surface area (Å²) in [6.07, 6.45) is 5.01. The van der Waals surface area contributed by atoms with Crippen molar-refractivity contribution in [1.29, 1.82) is 0 Å². The van der Waals surface area contributed by atoms with Crippen LogP contribution in [0.25, 0.3) is 5.82 Å².